The number of unbranched alkanes of at least 4 members (excludes halogenated alkanes) is 24. The maximum Gasteiger partial charge on any atom is 0.306 e. The lowest BCUT2D eigenvalue weighted by atomic mass is 10.0. The summed E-state index contributed by atoms with van der Waals surface area (Å²) in [7, 11) is 0. The van der Waals surface area contributed by atoms with Crippen molar-refractivity contribution < 1.29 is 23.8 Å². The van der Waals surface area contributed by atoms with Gasteiger partial charge in [0.2, 0.25) is 0 Å². The molecule has 0 amide bonds. The van der Waals surface area contributed by atoms with Crippen LogP contribution in [0.3, 0.4) is 0 Å². The minimum absolute atomic E-state index is 0.0645. The fourth-order valence-electron chi connectivity index (χ4n) is 6.90. The van der Waals surface area contributed by atoms with E-state index in [1.54, 1.807) is 0 Å². The average molecular weight is 811 g/mol. The lowest BCUT2D eigenvalue weighted by Gasteiger charge is -2.18. The standard InChI is InChI=1S/C53H94O5/c1-4-7-10-13-16-18-20-22-24-26-27-29-30-32-34-36-38-40-43-46-52(54)57-50-51(49-56-48-45-42-15-12-9-6-3)58-53(55)47-44-41-39-37-35-33-31-28-25-23-21-19-17-14-11-8-5-2/h8,11,17,19,23,25,31,33,37,39,51H,4-7,9-10,12-16,18,20-22,24,26-30,32,34-36,38,40-50H2,1-3H3/b11-8-,19-17-,25-23-,33-31-,39-37-. The van der Waals surface area contributed by atoms with Crippen LogP contribution in [-0.2, 0) is 23.8 Å². The Bertz CT molecular complexity index is 1010. The molecule has 1 atom stereocenters. The normalized spacial score (nSPS) is 12.7. The fourth-order valence-corrected chi connectivity index (χ4v) is 6.90. The van der Waals surface area contributed by atoms with Crippen LogP contribution in [-0.4, -0.2) is 37.9 Å². The quantitative estimate of drug-likeness (QED) is 0.0348. The van der Waals surface area contributed by atoms with Crippen LogP contribution in [0.5, 0.6) is 0 Å². The zero-order valence-corrected chi connectivity index (χ0v) is 38.6. The summed E-state index contributed by atoms with van der Waals surface area (Å²) in [5.74, 6) is -0.460. The summed E-state index contributed by atoms with van der Waals surface area (Å²) < 4.78 is 17.2. The van der Waals surface area contributed by atoms with Crippen molar-refractivity contribution in [3.63, 3.8) is 0 Å². The molecular formula is C53H94O5. The zero-order valence-electron chi connectivity index (χ0n) is 38.6. The van der Waals surface area contributed by atoms with Crippen molar-refractivity contribution in [1.82, 2.24) is 0 Å². The van der Waals surface area contributed by atoms with E-state index in [4.69, 9.17) is 14.2 Å². The molecule has 0 spiro atoms. The van der Waals surface area contributed by atoms with Crippen molar-refractivity contribution in [1.29, 1.82) is 0 Å². The first-order valence-electron chi connectivity index (χ1n) is 24.8. The Morgan fingerprint density at radius 3 is 1.22 bits per heavy atom. The van der Waals surface area contributed by atoms with Crippen LogP contribution in [0.4, 0.5) is 0 Å². The first-order valence-corrected chi connectivity index (χ1v) is 24.8. The van der Waals surface area contributed by atoms with Crippen LogP contribution in [0.2, 0.25) is 0 Å². The van der Waals surface area contributed by atoms with Gasteiger partial charge in [-0.05, 0) is 57.8 Å². The molecule has 0 rings (SSSR count). The second-order valence-corrected chi connectivity index (χ2v) is 16.4. The molecule has 0 aliphatic carbocycles. The molecular weight excluding hydrogens is 717 g/mol. The number of esters is 2. The number of hydrogen-bond donors (Lipinski definition) is 0. The number of ether oxygens (including phenoxy) is 3. The third-order valence-corrected chi connectivity index (χ3v) is 10.6. The molecule has 5 heteroatoms. The Kier molecular flexibility index (Phi) is 46.9. The van der Waals surface area contributed by atoms with Gasteiger partial charge in [-0.15, -0.1) is 0 Å². The Balaban J connectivity index is 4.14. The van der Waals surface area contributed by atoms with Gasteiger partial charge in [0.25, 0.3) is 0 Å². The first kappa shape index (κ1) is 55.6. The molecule has 0 aromatic rings. The second kappa shape index (κ2) is 49.0. The predicted molar refractivity (Wildman–Crippen MR) is 251 cm³/mol. The number of carbonyl (C=O) groups is 2. The van der Waals surface area contributed by atoms with E-state index in [1.807, 2.05) is 0 Å². The van der Waals surface area contributed by atoms with E-state index in [0.717, 1.165) is 70.6 Å². The van der Waals surface area contributed by atoms with Crippen LogP contribution in [0.15, 0.2) is 60.8 Å². The van der Waals surface area contributed by atoms with Gasteiger partial charge in [-0.1, -0.05) is 229 Å². The summed E-state index contributed by atoms with van der Waals surface area (Å²) in [5, 5.41) is 0. The minimum atomic E-state index is -0.560. The lowest BCUT2D eigenvalue weighted by molar-refractivity contribution is -0.162. The number of carbonyl (C=O) groups excluding carboxylic acids is 2. The van der Waals surface area contributed by atoms with Crippen molar-refractivity contribution in [2.75, 3.05) is 19.8 Å². The summed E-state index contributed by atoms with van der Waals surface area (Å²) in [4.78, 5) is 25.2. The van der Waals surface area contributed by atoms with Crippen LogP contribution >= 0.6 is 0 Å². The molecule has 0 radical (unpaired) electrons. The van der Waals surface area contributed by atoms with Gasteiger partial charge in [0, 0.05) is 19.4 Å². The molecule has 0 aromatic carbocycles. The Morgan fingerprint density at radius 2 is 0.776 bits per heavy atom. The summed E-state index contributed by atoms with van der Waals surface area (Å²) in [6, 6.07) is 0. The largest absolute Gasteiger partial charge is 0.462 e. The Labute approximate surface area is 360 Å². The van der Waals surface area contributed by atoms with Crippen molar-refractivity contribution in [3.05, 3.63) is 60.8 Å². The molecule has 0 N–H and O–H groups in total. The van der Waals surface area contributed by atoms with Gasteiger partial charge < -0.3 is 14.2 Å². The number of allylic oxidation sites excluding steroid dienone is 10. The third-order valence-electron chi connectivity index (χ3n) is 10.6. The van der Waals surface area contributed by atoms with Gasteiger partial charge in [0.15, 0.2) is 6.10 Å². The first-order chi connectivity index (χ1) is 28.6. The van der Waals surface area contributed by atoms with Crippen molar-refractivity contribution in [2.45, 2.75) is 245 Å². The lowest BCUT2D eigenvalue weighted by Crippen LogP contribution is -2.30. The highest BCUT2D eigenvalue weighted by molar-refractivity contribution is 5.70. The SMILES string of the molecule is CC/C=C\C/C=C\C/C=C\C/C=C\C/C=C\CCCC(=O)OC(COCCCCCCCC)COC(=O)CCCCCCCCCCCCCCCCCCCCC. The van der Waals surface area contributed by atoms with E-state index in [1.165, 1.54) is 135 Å². The van der Waals surface area contributed by atoms with Crippen LogP contribution < -0.4 is 0 Å². The van der Waals surface area contributed by atoms with Crippen LogP contribution in [0, 0.1) is 0 Å². The predicted octanol–water partition coefficient (Wildman–Crippen LogP) is 16.6. The highest BCUT2D eigenvalue weighted by Crippen LogP contribution is 2.15. The Hall–Kier alpha value is -2.40. The highest BCUT2D eigenvalue weighted by Gasteiger charge is 2.17. The molecule has 5 nitrogen and oxygen atoms in total. The smallest absolute Gasteiger partial charge is 0.306 e. The molecule has 0 aliphatic heterocycles. The zero-order chi connectivity index (χ0) is 42.1. The molecule has 0 aromatic heterocycles. The van der Waals surface area contributed by atoms with E-state index in [2.05, 4.69) is 81.5 Å². The molecule has 336 valence electrons. The van der Waals surface area contributed by atoms with Crippen LogP contribution in [0.1, 0.15) is 239 Å². The van der Waals surface area contributed by atoms with E-state index in [-0.39, 0.29) is 25.2 Å². The summed E-state index contributed by atoms with van der Waals surface area (Å²) in [6.07, 6.45) is 61.1. The van der Waals surface area contributed by atoms with Gasteiger partial charge in [0.1, 0.15) is 6.61 Å². The van der Waals surface area contributed by atoms with E-state index >= 15 is 0 Å². The number of rotatable bonds is 45. The maximum atomic E-state index is 12.7. The monoisotopic (exact) mass is 811 g/mol. The van der Waals surface area contributed by atoms with E-state index < -0.39 is 6.10 Å². The third kappa shape index (κ3) is 46.3. The summed E-state index contributed by atoms with van der Waals surface area (Å²) >= 11 is 0. The molecule has 0 aliphatic rings. The topological polar surface area (TPSA) is 61.8 Å². The van der Waals surface area contributed by atoms with Crippen molar-refractivity contribution in [2.24, 2.45) is 0 Å². The molecule has 0 heterocycles. The van der Waals surface area contributed by atoms with Gasteiger partial charge in [-0.2, -0.15) is 0 Å². The maximum absolute atomic E-state index is 12.7. The molecule has 1 unspecified atom stereocenters. The summed E-state index contributed by atoms with van der Waals surface area (Å²) in [6.45, 7) is 7.64. The average Bonchev–Trinajstić information content (AvgIpc) is 3.22. The van der Waals surface area contributed by atoms with Gasteiger partial charge >= 0.3 is 11.9 Å². The molecule has 58 heavy (non-hydrogen) atoms. The van der Waals surface area contributed by atoms with Gasteiger partial charge in [-0.25, -0.2) is 0 Å². The Morgan fingerprint density at radius 1 is 0.397 bits per heavy atom. The van der Waals surface area contributed by atoms with Crippen molar-refractivity contribution in [3.8, 4) is 0 Å². The van der Waals surface area contributed by atoms with Gasteiger partial charge in [0.05, 0.1) is 6.61 Å². The molecule has 0 fully saturated rings. The van der Waals surface area contributed by atoms with Gasteiger partial charge in [-0.3, -0.25) is 9.59 Å². The van der Waals surface area contributed by atoms with E-state index in [0.29, 0.717) is 19.4 Å². The molecule has 0 bridgehead atoms. The number of hydrogen-bond acceptors (Lipinski definition) is 5. The summed E-state index contributed by atoms with van der Waals surface area (Å²) in [5.41, 5.74) is 0. The highest BCUT2D eigenvalue weighted by atomic mass is 16.6. The minimum Gasteiger partial charge on any atom is -0.462 e. The second-order valence-electron chi connectivity index (χ2n) is 16.4. The van der Waals surface area contributed by atoms with Crippen LogP contribution in [0.25, 0.3) is 0 Å². The molecule has 0 saturated carbocycles. The van der Waals surface area contributed by atoms with Crippen molar-refractivity contribution >= 4 is 11.9 Å². The molecule has 0 saturated heterocycles. The fraction of sp³-hybridized carbons (Fsp3) is 0.774. The van der Waals surface area contributed by atoms with E-state index in [9.17, 15) is 9.59 Å².